The van der Waals surface area contributed by atoms with Gasteiger partial charge in [-0.15, -0.1) is 0 Å². The number of pyridine rings is 1. The van der Waals surface area contributed by atoms with Crippen molar-refractivity contribution in [1.29, 1.82) is 0 Å². The van der Waals surface area contributed by atoms with Gasteiger partial charge in [-0.25, -0.2) is 0 Å². The molecule has 0 saturated carbocycles. The summed E-state index contributed by atoms with van der Waals surface area (Å²) in [5.41, 5.74) is 6.98. The molecular formula is C11H17N3O. The summed E-state index contributed by atoms with van der Waals surface area (Å²) < 4.78 is 0. The van der Waals surface area contributed by atoms with Crippen LogP contribution in [-0.4, -0.2) is 23.5 Å². The van der Waals surface area contributed by atoms with Crippen LogP contribution in [0.15, 0.2) is 18.3 Å². The summed E-state index contributed by atoms with van der Waals surface area (Å²) in [6.45, 7) is 4.32. The van der Waals surface area contributed by atoms with E-state index in [-0.39, 0.29) is 11.9 Å². The molecule has 0 bridgehead atoms. The Labute approximate surface area is 89.9 Å². The molecule has 0 aliphatic rings. The lowest BCUT2D eigenvalue weighted by atomic mass is 10.2. The molecule has 0 aliphatic heterocycles. The number of hydrogen-bond donors (Lipinski definition) is 2. The number of nitrogens with one attached hydrogen (secondary N) is 1. The summed E-state index contributed by atoms with van der Waals surface area (Å²) >= 11 is 0. The van der Waals surface area contributed by atoms with Crippen LogP contribution in [0.5, 0.6) is 0 Å². The van der Waals surface area contributed by atoms with E-state index in [1.807, 2.05) is 13.8 Å². The Bertz CT molecular complexity index is 334. The van der Waals surface area contributed by atoms with Crippen LogP contribution >= 0.6 is 0 Å². The number of nitrogens with two attached hydrogens (primary N) is 1. The van der Waals surface area contributed by atoms with Crippen molar-refractivity contribution in [3.8, 4) is 0 Å². The fourth-order valence-corrected chi connectivity index (χ4v) is 1.28. The van der Waals surface area contributed by atoms with Crippen molar-refractivity contribution in [2.75, 3.05) is 6.54 Å². The summed E-state index contributed by atoms with van der Waals surface area (Å²) in [6, 6.07) is 3.51. The van der Waals surface area contributed by atoms with Crippen molar-refractivity contribution >= 4 is 5.91 Å². The fraction of sp³-hybridized carbons (Fsp3) is 0.455. The molecule has 82 valence electrons. The zero-order chi connectivity index (χ0) is 11.3. The van der Waals surface area contributed by atoms with Gasteiger partial charge in [0.2, 0.25) is 0 Å². The van der Waals surface area contributed by atoms with Crippen molar-refractivity contribution in [2.24, 2.45) is 5.73 Å². The third kappa shape index (κ3) is 3.32. The second kappa shape index (κ2) is 5.46. The molecule has 1 atom stereocenters. The van der Waals surface area contributed by atoms with E-state index in [0.717, 1.165) is 12.1 Å². The molecule has 4 nitrogen and oxygen atoms in total. The van der Waals surface area contributed by atoms with Crippen LogP contribution in [0.2, 0.25) is 0 Å². The number of carbonyl (C=O) groups is 1. The summed E-state index contributed by atoms with van der Waals surface area (Å²) in [7, 11) is 0. The van der Waals surface area contributed by atoms with Crippen molar-refractivity contribution in [3.05, 3.63) is 29.6 Å². The largest absolute Gasteiger partial charge is 0.348 e. The summed E-state index contributed by atoms with van der Waals surface area (Å²) in [4.78, 5) is 15.8. The number of carbonyl (C=O) groups excluding carboxylic acids is 1. The molecule has 0 radical (unpaired) electrons. The first-order valence-corrected chi connectivity index (χ1v) is 5.11. The minimum absolute atomic E-state index is 0.0472. The third-order valence-corrected chi connectivity index (χ3v) is 2.27. The van der Waals surface area contributed by atoms with E-state index in [4.69, 9.17) is 5.73 Å². The third-order valence-electron chi connectivity index (χ3n) is 2.27. The minimum atomic E-state index is -0.0854. The Morgan fingerprint density at radius 1 is 1.67 bits per heavy atom. The van der Waals surface area contributed by atoms with Gasteiger partial charge in [0.1, 0.15) is 0 Å². The SMILES string of the molecule is CCC(CN)NC(=O)c1ccnc(C)c1. The predicted molar refractivity (Wildman–Crippen MR) is 59.6 cm³/mol. The van der Waals surface area contributed by atoms with Crippen LogP contribution in [0.25, 0.3) is 0 Å². The van der Waals surface area contributed by atoms with Crippen LogP contribution in [0.1, 0.15) is 29.4 Å². The second-order valence-corrected chi connectivity index (χ2v) is 3.50. The van der Waals surface area contributed by atoms with E-state index in [9.17, 15) is 4.79 Å². The first kappa shape index (κ1) is 11.7. The molecule has 0 saturated heterocycles. The molecule has 0 spiro atoms. The lowest BCUT2D eigenvalue weighted by Crippen LogP contribution is -2.39. The van der Waals surface area contributed by atoms with Crippen molar-refractivity contribution in [3.63, 3.8) is 0 Å². The molecule has 15 heavy (non-hydrogen) atoms. The summed E-state index contributed by atoms with van der Waals surface area (Å²) in [5.74, 6) is -0.0854. The number of rotatable bonds is 4. The van der Waals surface area contributed by atoms with Gasteiger partial charge >= 0.3 is 0 Å². The van der Waals surface area contributed by atoms with Gasteiger partial charge in [-0.2, -0.15) is 0 Å². The first-order chi connectivity index (χ1) is 7.17. The molecule has 0 fully saturated rings. The van der Waals surface area contributed by atoms with Gasteiger partial charge in [-0.3, -0.25) is 9.78 Å². The minimum Gasteiger partial charge on any atom is -0.348 e. The van der Waals surface area contributed by atoms with Gasteiger partial charge in [0, 0.05) is 30.0 Å². The Kier molecular flexibility index (Phi) is 4.24. The molecule has 3 N–H and O–H groups in total. The van der Waals surface area contributed by atoms with E-state index in [1.54, 1.807) is 18.3 Å². The Balaban J connectivity index is 2.68. The Morgan fingerprint density at radius 3 is 2.93 bits per heavy atom. The summed E-state index contributed by atoms with van der Waals surface area (Å²) in [5, 5.41) is 2.87. The van der Waals surface area contributed by atoms with E-state index >= 15 is 0 Å². The van der Waals surface area contributed by atoms with Gasteiger partial charge in [0.05, 0.1) is 0 Å². The molecule has 1 aromatic heterocycles. The highest BCUT2D eigenvalue weighted by molar-refractivity contribution is 5.94. The highest BCUT2D eigenvalue weighted by atomic mass is 16.1. The normalized spacial score (nSPS) is 12.2. The maximum absolute atomic E-state index is 11.7. The second-order valence-electron chi connectivity index (χ2n) is 3.50. The monoisotopic (exact) mass is 207 g/mol. The molecule has 1 heterocycles. The molecule has 1 aromatic rings. The number of hydrogen-bond acceptors (Lipinski definition) is 3. The standard InChI is InChI=1S/C11H17N3O/c1-3-10(7-12)14-11(15)9-4-5-13-8(2)6-9/h4-6,10H,3,7,12H2,1-2H3,(H,14,15). The maximum atomic E-state index is 11.7. The van der Waals surface area contributed by atoms with Crippen LogP contribution in [0, 0.1) is 6.92 Å². The number of aromatic nitrogens is 1. The average molecular weight is 207 g/mol. The molecular weight excluding hydrogens is 190 g/mol. The van der Waals surface area contributed by atoms with E-state index in [1.165, 1.54) is 0 Å². The molecule has 0 aliphatic carbocycles. The van der Waals surface area contributed by atoms with Gasteiger partial charge in [0.15, 0.2) is 0 Å². The van der Waals surface area contributed by atoms with E-state index < -0.39 is 0 Å². The number of amides is 1. The van der Waals surface area contributed by atoms with Gasteiger partial charge in [0.25, 0.3) is 5.91 Å². The fourth-order valence-electron chi connectivity index (χ4n) is 1.28. The quantitative estimate of drug-likeness (QED) is 0.769. The lowest BCUT2D eigenvalue weighted by Gasteiger charge is -2.14. The van der Waals surface area contributed by atoms with Gasteiger partial charge in [-0.1, -0.05) is 6.92 Å². The number of aryl methyl sites for hydroxylation is 1. The molecule has 1 amide bonds. The van der Waals surface area contributed by atoms with Crippen LogP contribution in [-0.2, 0) is 0 Å². The van der Waals surface area contributed by atoms with Crippen molar-refractivity contribution in [2.45, 2.75) is 26.3 Å². The van der Waals surface area contributed by atoms with Crippen LogP contribution < -0.4 is 11.1 Å². The van der Waals surface area contributed by atoms with E-state index in [2.05, 4.69) is 10.3 Å². The molecule has 4 heteroatoms. The average Bonchev–Trinajstić information content (AvgIpc) is 2.25. The van der Waals surface area contributed by atoms with Crippen LogP contribution in [0.3, 0.4) is 0 Å². The molecule has 1 unspecified atom stereocenters. The Morgan fingerprint density at radius 2 is 2.40 bits per heavy atom. The van der Waals surface area contributed by atoms with Gasteiger partial charge in [-0.05, 0) is 25.5 Å². The predicted octanol–water partition coefficient (Wildman–Crippen LogP) is 0.857. The number of nitrogens with zero attached hydrogens (tertiary/aromatic N) is 1. The Hall–Kier alpha value is -1.42. The zero-order valence-electron chi connectivity index (χ0n) is 9.16. The van der Waals surface area contributed by atoms with Crippen molar-refractivity contribution in [1.82, 2.24) is 10.3 Å². The highest BCUT2D eigenvalue weighted by Crippen LogP contribution is 2.01. The van der Waals surface area contributed by atoms with Crippen LogP contribution in [0.4, 0.5) is 0 Å². The highest BCUT2D eigenvalue weighted by Gasteiger charge is 2.10. The topological polar surface area (TPSA) is 68.0 Å². The molecule has 0 aromatic carbocycles. The summed E-state index contributed by atoms with van der Waals surface area (Å²) in [6.07, 6.45) is 2.47. The van der Waals surface area contributed by atoms with Crippen molar-refractivity contribution < 1.29 is 4.79 Å². The first-order valence-electron chi connectivity index (χ1n) is 5.11. The lowest BCUT2D eigenvalue weighted by molar-refractivity contribution is 0.0937. The zero-order valence-corrected chi connectivity index (χ0v) is 9.16. The van der Waals surface area contributed by atoms with E-state index in [0.29, 0.717) is 12.1 Å². The molecule has 1 rings (SSSR count). The van der Waals surface area contributed by atoms with Gasteiger partial charge < -0.3 is 11.1 Å². The maximum Gasteiger partial charge on any atom is 0.251 e. The smallest absolute Gasteiger partial charge is 0.251 e.